The second-order valence-electron chi connectivity index (χ2n) is 9.59. The second kappa shape index (κ2) is 8.08. The summed E-state index contributed by atoms with van der Waals surface area (Å²) in [6.07, 6.45) is 0. The number of nitrogens with two attached hydrogens (primary N) is 1. The van der Waals surface area contributed by atoms with Crippen LogP contribution in [0.5, 0.6) is 0 Å². The molecule has 2 fully saturated rings. The van der Waals surface area contributed by atoms with E-state index in [9.17, 15) is 24.3 Å². The number of benzene rings is 1. The molecule has 2 amide bonds. The minimum atomic E-state index is -1.76. The van der Waals surface area contributed by atoms with Crippen LogP contribution in [0, 0.1) is 5.41 Å². The summed E-state index contributed by atoms with van der Waals surface area (Å²) in [6, 6.07) is 6.87. The van der Waals surface area contributed by atoms with Crippen molar-refractivity contribution < 1.29 is 29.0 Å². The summed E-state index contributed by atoms with van der Waals surface area (Å²) in [5, 5.41) is 12.2. The van der Waals surface area contributed by atoms with Crippen molar-refractivity contribution >= 4 is 35.5 Å². The topological polar surface area (TPSA) is 139 Å². The molecule has 0 spiro atoms. The van der Waals surface area contributed by atoms with Crippen molar-refractivity contribution in [2.24, 2.45) is 11.1 Å². The number of esters is 1. The summed E-state index contributed by atoms with van der Waals surface area (Å²) in [4.78, 5) is 51.7. The molecular formula is C22H29N3O6S. The van der Waals surface area contributed by atoms with Crippen LogP contribution < -0.4 is 11.1 Å². The second-order valence-corrected chi connectivity index (χ2v) is 11.3. The number of carboxylic acid groups (broad SMARTS) is 1. The molecule has 32 heavy (non-hydrogen) atoms. The Kier molecular flexibility index (Phi) is 6.07. The first-order chi connectivity index (χ1) is 14.7. The normalized spacial score (nSPS) is 27.2. The predicted molar refractivity (Wildman–Crippen MR) is 118 cm³/mol. The molecule has 2 aliphatic heterocycles. The summed E-state index contributed by atoms with van der Waals surface area (Å²) in [5.41, 5.74) is 4.05. The van der Waals surface area contributed by atoms with Gasteiger partial charge in [0, 0.05) is 0 Å². The number of hydrogen-bond donors (Lipinski definition) is 3. The number of nitrogens with one attached hydrogen (secondary N) is 1. The van der Waals surface area contributed by atoms with Crippen molar-refractivity contribution in [1.82, 2.24) is 10.2 Å². The van der Waals surface area contributed by atoms with Crippen molar-refractivity contribution in [3.8, 4) is 0 Å². The van der Waals surface area contributed by atoms with Crippen molar-refractivity contribution in [1.29, 1.82) is 0 Å². The van der Waals surface area contributed by atoms with E-state index in [2.05, 4.69) is 5.32 Å². The molecule has 1 aromatic carbocycles. The number of carboxylic acids is 1. The van der Waals surface area contributed by atoms with E-state index in [0.717, 1.165) is 0 Å². The van der Waals surface area contributed by atoms with Crippen molar-refractivity contribution in [2.45, 2.75) is 62.4 Å². The Morgan fingerprint density at radius 3 is 2.38 bits per heavy atom. The Hall–Kier alpha value is -2.59. The summed E-state index contributed by atoms with van der Waals surface area (Å²) in [5.74, 6) is -2.90. The van der Waals surface area contributed by atoms with E-state index in [-0.39, 0.29) is 0 Å². The molecule has 0 aliphatic carbocycles. The molecule has 2 aliphatic rings. The third-order valence-electron chi connectivity index (χ3n) is 5.98. The van der Waals surface area contributed by atoms with Crippen LogP contribution in [0.15, 0.2) is 30.3 Å². The highest BCUT2D eigenvalue weighted by molar-refractivity contribution is 8.01. The smallest absolute Gasteiger partial charge is 0.334 e. The molecule has 1 aromatic rings. The van der Waals surface area contributed by atoms with Gasteiger partial charge in [0.2, 0.25) is 11.8 Å². The lowest BCUT2D eigenvalue weighted by Crippen LogP contribution is -2.77. The maximum absolute atomic E-state index is 13.0. The number of aliphatic carboxylic acids is 1. The van der Waals surface area contributed by atoms with Gasteiger partial charge < -0.3 is 25.8 Å². The SMILES string of the molecule is CC(C)(C)C(=O)OC[C@@]1(C(=O)O)N2C(=O)C(NC(=O)C(N)c3ccccc3)[C@H]2SC1(C)C. The van der Waals surface area contributed by atoms with Gasteiger partial charge in [-0.15, -0.1) is 11.8 Å². The minimum Gasteiger partial charge on any atom is -0.479 e. The number of amides is 2. The lowest BCUT2D eigenvalue weighted by molar-refractivity contribution is -0.181. The van der Waals surface area contributed by atoms with Crippen LogP contribution in [0.3, 0.4) is 0 Å². The zero-order valence-electron chi connectivity index (χ0n) is 18.7. The number of ether oxygens (including phenoxy) is 1. The van der Waals surface area contributed by atoms with Gasteiger partial charge >= 0.3 is 11.9 Å². The number of nitrogens with zero attached hydrogens (tertiary/aromatic N) is 1. The molecule has 0 bridgehead atoms. The van der Waals surface area contributed by atoms with E-state index in [4.69, 9.17) is 10.5 Å². The Morgan fingerprint density at radius 2 is 1.84 bits per heavy atom. The Balaban J connectivity index is 1.80. The van der Waals surface area contributed by atoms with E-state index in [1.54, 1.807) is 65.0 Å². The first-order valence-electron chi connectivity index (χ1n) is 10.3. The molecule has 4 N–H and O–H groups in total. The summed E-state index contributed by atoms with van der Waals surface area (Å²) >= 11 is 1.25. The number of carbonyl (C=O) groups excluding carboxylic acids is 3. The largest absolute Gasteiger partial charge is 0.479 e. The highest BCUT2D eigenvalue weighted by Crippen LogP contribution is 2.57. The Labute approximate surface area is 191 Å². The monoisotopic (exact) mass is 463 g/mol. The molecule has 0 saturated carbocycles. The van der Waals surface area contributed by atoms with E-state index in [1.807, 2.05) is 0 Å². The van der Waals surface area contributed by atoms with E-state index in [1.165, 1.54) is 16.7 Å². The Morgan fingerprint density at radius 1 is 1.25 bits per heavy atom. The fourth-order valence-corrected chi connectivity index (χ4v) is 5.67. The number of β-lactam (4-membered cyclic amide) rings is 1. The molecule has 9 nitrogen and oxygen atoms in total. The zero-order valence-corrected chi connectivity index (χ0v) is 19.6. The van der Waals surface area contributed by atoms with Crippen molar-refractivity contribution in [2.75, 3.05) is 6.61 Å². The fourth-order valence-electron chi connectivity index (χ4n) is 3.92. The first kappa shape index (κ1) is 24.1. The van der Waals surface area contributed by atoms with E-state index >= 15 is 0 Å². The highest BCUT2D eigenvalue weighted by Gasteiger charge is 2.73. The number of rotatable bonds is 6. The molecule has 2 unspecified atom stereocenters. The predicted octanol–water partition coefficient (Wildman–Crippen LogP) is 1.28. The third-order valence-corrected chi connectivity index (χ3v) is 7.63. The third kappa shape index (κ3) is 3.75. The van der Waals surface area contributed by atoms with E-state index in [0.29, 0.717) is 5.56 Å². The van der Waals surface area contributed by atoms with Crippen LogP contribution in [-0.4, -0.2) is 62.1 Å². The minimum absolute atomic E-state index is 0.481. The van der Waals surface area contributed by atoms with Gasteiger partial charge in [-0.25, -0.2) is 4.79 Å². The zero-order chi connectivity index (χ0) is 24.1. The summed E-state index contributed by atoms with van der Waals surface area (Å²) in [6.45, 7) is 7.89. The van der Waals surface area contributed by atoms with Crippen LogP contribution in [0.1, 0.15) is 46.2 Å². The molecule has 174 valence electrons. The molecule has 2 saturated heterocycles. The molecule has 4 atom stereocenters. The van der Waals surface area contributed by atoms with Gasteiger partial charge in [-0.05, 0) is 40.2 Å². The molecule has 10 heteroatoms. The number of thioether (sulfide) groups is 1. The maximum atomic E-state index is 13.0. The van der Waals surface area contributed by atoms with Crippen molar-refractivity contribution in [3.05, 3.63) is 35.9 Å². The van der Waals surface area contributed by atoms with Gasteiger partial charge in [-0.3, -0.25) is 14.4 Å². The van der Waals surface area contributed by atoms with Crippen LogP contribution in [-0.2, 0) is 23.9 Å². The van der Waals surface area contributed by atoms with Crippen LogP contribution >= 0.6 is 11.8 Å². The first-order valence-corrected chi connectivity index (χ1v) is 11.1. The number of fused-ring (bicyclic) bond motifs is 1. The average molecular weight is 464 g/mol. The molecular weight excluding hydrogens is 434 g/mol. The van der Waals surface area contributed by atoms with Gasteiger partial charge in [0.1, 0.15) is 24.1 Å². The van der Waals surface area contributed by atoms with Gasteiger partial charge in [-0.2, -0.15) is 0 Å². The summed E-state index contributed by atoms with van der Waals surface area (Å²) < 4.78 is 4.38. The van der Waals surface area contributed by atoms with E-state index < -0.39 is 63.5 Å². The number of hydrogen-bond acceptors (Lipinski definition) is 7. The van der Waals surface area contributed by atoms with Crippen LogP contribution in [0.2, 0.25) is 0 Å². The van der Waals surface area contributed by atoms with Crippen molar-refractivity contribution in [3.63, 3.8) is 0 Å². The van der Waals surface area contributed by atoms with Gasteiger partial charge in [0.15, 0.2) is 5.54 Å². The fraction of sp³-hybridized carbons (Fsp3) is 0.545. The van der Waals surface area contributed by atoms with Crippen LogP contribution in [0.4, 0.5) is 0 Å². The molecule has 0 radical (unpaired) electrons. The lowest BCUT2D eigenvalue weighted by Gasteiger charge is -2.49. The van der Waals surface area contributed by atoms with Gasteiger partial charge in [0.05, 0.1) is 10.2 Å². The molecule has 2 heterocycles. The lowest BCUT2D eigenvalue weighted by atomic mass is 9.81. The number of carbonyl (C=O) groups is 4. The highest BCUT2D eigenvalue weighted by atomic mass is 32.2. The quantitative estimate of drug-likeness (QED) is 0.423. The average Bonchev–Trinajstić information content (AvgIpc) is 2.94. The molecule has 3 rings (SSSR count). The van der Waals surface area contributed by atoms with Crippen LogP contribution in [0.25, 0.3) is 0 Å². The standard InChI is InChI=1S/C22H29N3O6S/c1-20(2,3)19(30)31-11-22(18(28)29)21(4,5)32-17-14(16(27)25(17)22)24-15(26)13(23)12-9-7-6-8-10-12/h6-10,13-14,17H,11,23H2,1-5H3,(H,24,26)(H,28,29)/t13?,14?,17-,22+/m1/s1. The maximum Gasteiger partial charge on any atom is 0.334 e. The molecule has 0 aromatic heterocycles. The Bertz CT molecular complexity index is 945. The van der Waals surface area contributed by atoms with Gasteiger partial charge in [-0.1, -0.05) is 30.3 Å². The van der Waals surface area contributed by atoms with Gasteiger partial charge in [0.25, 0.3) is 0 Å². The summed E-state index contributed by atoms with van der Waals surface area (Å²) in [7, 11) is 0.